The molecule has 3 aliphatic heterocycles. The third-order valence-electron chi connectivity index (χ3n) is 8.92. The Bertz CT molecular complexity index is 1510. The Morgan fingerprint density at radius 1 is 1.00 bits per heavy atom. The van der Waals surface area contributed by atoms with E-state index in [2.05, 4.69) is 16.1 Å². The number of hydrazine groups is 1. The molecule has 5 bridgehead atoms. The van der Waals surface area contributed by atoms with Crippen LogP contribution in [-0.2, 0) is 28.7 Å². The number of benzene rings is 1. The van der Waals surface area contributed by atoms with Gasteiger partial charge in [-0.15, -0.1) is 0 Å². The van der Waals surface area contributed by atoms with Crippen LogP contribution in [0.25, 0.3) is 17.0 Å². The van der Waals surface area contributed by atoms with Gasteiger partial charge in [-0.05, 0) is 77.0 Å². The van der Waals surface area contributed by atoms with E-state index in [4.69, 9.17) is 14.5 Å². The summed E-state index contributed by atoms with van der Waals surface area (Å²) in [5, 5.41) is 8.12. The summed E-state index contributed by atoms with van der Waals surface area (Å²) in [6.45, 7) is 11.7. The van der Waals surface area contributed by atoms with E-state index in [1.54, 1.807) is 20.8 Å². The molecule has 4 heterocycles. The van der Waals surface area contributed by atoms with Crippen LogP contribution in [0.1, 0.15) is 84.5 Å². The SMILES string of the molecule is CC(C)[C@@H]1OC(=O)[C@@]2(C=Cc3ccc4ccc(nc4c3)[C@@H](C)NC(=O)[C@@H]3CCCN(N3)C(=O)[C@H](C)NC1=O)CCOC(C)(C)C2. The molecule has 3 amide bonds. The summed E-state index contributed by atoms with van der Waals surface area (Å²) in [6.07, 6.45) is 4.58. The molecular formula is C34H45N5O6. The first-order chi connectivity index (χ1) is 21.3. The molecule has 0 radical (unpaired) electrons. The molecule has 1 spiro atoms. The Balaban J connectivity index is 1.55. The monoisotopic (exact) mass is 619 g/mol. The number of amides is 3. The predicted octanol–water partition coefficient (Wildman–Crippen LogP) is 3.58. The largest absolute Gasteiger partial charge is 0.451 e. The Morgan fingerprint density at radius 2 is 1.73 bits per heavy atom. The van der Waals surface area contributed by atoms with Crippen LogP contribution in [0.3, 0.4) is 0 Å². The van der Waals surface area contributed by atoms with E-state index in [1.807, 2.05) is 63.3 Å². The number of cyclic esters (lactones) is 1. The highest BCUT2D eigenvalue weighted by molar-refractivity contribution is 5.92. The first kappa shape index (κ1) is 32.6. The molecule has 2 aromatic rings. The minimum atomic E-state index is -1.12. The van der Waals surface area contributed by atoms with Gasteiger partial charge in [-0.2, -0.15) is 0 Å². The number of hydrogen-bond donors (Lipinski definition) is 3. The van der Waals surface area contributed by atoms with Gasteiger partial charge < -0.3 is 20.1 Å². The summed E-state index contributed by atoms with van der Waals surface area (Å²) in [4.78, 5) is 59.1. The zero-order valence-electron chi connectivity index (χ0n) is 27.0. The number of fused-ring (bicyclic) bond motifs is 4. The molecule has 5 rings (SSSR count). The first-order valence-electron chi connectivity index (χ1n) is 15.9. The van der Waals surface area contributed by atoms with Gasteiger partial charge in [-0.1, -0.05) is 44.2 Å². The fourth-order valence-corrected chi connectivity index (χ4v) is 6.38. The van der Waals surface area contributed by atoms with Crippen LogP contribution >= 0.6 is 0 Å². The molecule has 1 aromatic heterocycles. The average Bonchev–Trinajstić information content (AvgIpc) is 3.00. The second-order valence-corrected chi connectivity index (χ2v) is 13.6. The third kappa shape index (κ3) is 7.20. The maximum atomic E-state index is 14.1. The molecule has 11 nitrogen and oxygen atoms in total. The van der Waals surface area contributed by atoms with Crippen molar-refractivity contribution >= 4 is 40.7 Å². The highest BCUT2D eigenvalue weighted by Gasteiger charge is 2.47. The van der Waals surface area contributed by atoms with Gasteiger partial charge in [0.2, 0.25) is 5.91 Å². The zero-order valence-corrected chi connectivity index (χ0v) is 27.0. The number of ether oxygens (including phenoxy) is 2. The van der Waals surface area contributed by atoms with Crippen molar-refractivity contribution in [1.82, 2.24) is 26.1 Å². The molecule has 0 saturated carbocycles. The molecule has 0 aliphatic carbocycles. The van der Waals surface area contributed by atoms with Crippen LogP contribution in [0.15, 0.2) is 36.4 Å². The van der Waals surface area contributed by atoms with Crippen molar-refractivity contribution in [2.24, 2.45) is 11.3 Å². The molecule has 242 valence electrons. The van der Waals surface area contributed by atoms with Crippen molar-refractivity contribution in [2.45, 2.75) is 97.1 Å². The molecule has 0 unspecified atom stereocenters. The number of carbonyl (C=O) groups is 4. The topological polar surface area (TPSA) is 139 Å². The smallest absolute Gasteiger partial charge is 0.316 e. The van der Waals surface area contributed by atoms with Gasteiger partial charge in [-0.25, -0.2) is 5.43 Å². The minimum Gasteiger partial charge on any atom is -0.451 e. The summed E-state index contributed by atoms with van der Waals surface area (Å²) in [5.74, 6) is -2.03. The Morgan fingerprint density at radius 3 is 2.47 bits per heavy atom. The van der Waals surface area contributed by atoms with E-state index >= 15 is 0 Å². The summed E-state index contributed by atoms with van der Waals surface area (Å²) in [7, 11) is 0. The van der Waals surface area contributed by atoms with Crippen molar-refractivity contribution in [2.75, 3.05) is 13.2 Å². The molecule has 1 aromatic carbocycles. The lowest BCUT2D eigenvalue weighted by atomic mass is 9.73. The molecule has 11 heteroatoms. The molecule has 5 atom stereocenters. The Kier molecular flexibility index (Phi) is 9.32. The number of carbonyl (C=O) groups excluding carboxylic acids is 4. The lowest BCUT2D eigenvalue weighted by molar-refractivity contribution is -0.177. The molecule has 2 saturated heterocycles. The van der Waals surface area contributed by atoms with Crippen molar-refractivity contribution in [3.05, 3.63) is 47.7 Å². The van der Waals surface area contributed by atoms with Gasteiger partial charge in [0.15, 0.2) is 6.10 Å². The summed E-state index contributed by atoms with van der Waals surface area (Å²) in [6, 6.07) is 7.84. The predicted molar refractivity (Wildman–Crippen MR) is 169 cm³/mol. The standard InChI is InChI=1S/C34H45N5O6/c1-20(2)28-30(41)36-22(4)31(42)39-16-7-8-26(38-39)29(40)35-21(3)25-12-11-24-10-9-23(18-27(24)37-25)13-14-34(32(43)45-28)15-17-44-33(5,6)19-34/h9-14,18,20-22,26,28,38H,7-8,15-17,19H2,1-6H3,(H,35,40)(H,36,41)/t21-,22+,26+,28+,34+/m1/s1. The molecule has 45 heavy (non-hydrogen) atoms. The normalized spacial score (nSPS) is 29.9. The first-order valence-corrected chi connectivity index (χ1v) is 15.9. The quantitative estimate of drug-likeness (QED) is 0.412. The van der Waals surface area contributed by atoms with E-state index in [1.165, 1.54) is 5.01 Å². The zero-order chi connectivity index (χ0) is 32.5. The fourth-order valence-electron chi connectivity index (χ4n) is 6.38. The Labute approximate surface area is 264 Å². The van der Waals surface area contributed by atoms with Crippen LogP contribution in [0.4, 0.5) is 0 Å². The van der Waals surface area contributed by atoms with Gasteiger partial charge >= 0.3 is 5.97 Å². The molecular weight excluding hydrogens is 574 g/mol. The van der Waals surface area contributed by atoms with E-state index in [9.17, 15) is 19.2 Å². The second kappa shape index (κ2) is 12.9. The number of hydrogen-bond acceptors (Lipinski definition) is 8. The summed E-state index contributed by atoms with van der Waals surface area (Å²) >= 11 is 0. The van der Waals surface area contributed by atoms with Crippen molar-refractivity contribution in [1.29, 1.82) is 0 Å². The van der Waals surface area contributed by atoms with E-state index in [-0.39, 0.29) is 23.8 Å². The lowest BCUT2D eigenvalue weighted by Crippen LogP contribution is -2.61. The van der Waals surface area contributed by atoms with E-state index in [0.29, 0.717) is 44.5 Å². The minimum absolute atomic E-state index is 0.238. The van der Waals surface area contributed by atoms with Gasteiger partial charge in [0.05, 0.1) is 28.3 Å². The maximum Gasteiger partial charge on any atom is 0.316 e. The summed E-state index contributed by atoms with van der Waals surface area (Å²) in [5.41, 5.74) is 3.72. The maximum absolute atomic E-state index is 14.1. The number of pyridine rings is 1. The van der Waals surface area contributed by atoms with Crippen molar-refractivity contribution in [3.8, 4) is 0 Å². The number of aromatic nitrogens is 1. The van der Waals surface area contributed by atoms with Gasteiger partial charge in [0, 0.05) is 18.5 Å². The van der Waals surface area contributed by atoms with E-state index < -0.39 is 41.1 Å². The van der Waals surface area contributed by atoms with Gasteiger partial charge in [-0.3, -0.25) is 29.2 Å². The van der Waals surface area contributed by atoms with Crippen LogP contribution in [0.5, 0.6) is 0 Å². The van der Waals surface area contributed by atoms with Crippen LogP contribution in [0.2, 0.25) is 0 Å². The van der Waals surface area contributed by atoms with Gasteiger partial charge in [0.25, 0.3) is 11.8 Å². The highest BCUT2D eigenvalue weighted by atomic mass is 16.6. The van der Waals surface area contributed by atoms with Crippen molar-refractivity contribution in [3.63, 3.8) is 0 Å². The third-order valence-corrected chi connectivity index (χ3v) is 8.92. The Hall–Kier alpha value is -3.83. The molecule has 3 N–H and O–H groups in total. The average molecular weight is 620 g/mol. The second-order valence-electron chi connectivity index (χ2n) is 13.6. The summed E-state index contributed by atoms with van der Waals surface area (Å²) < 4.78 is 12.0. The fraction of sp³-hybridized carbons (Fsp3) is 0.559. The van der Waals surface area contributed by atoms with Crippen LogP contribution < -0.4 is 16.1 Å². The lowest BCUT2D eigenvalue weighted by Gasteiger charge is -2.42. The van der Waals surface area contributed by atoms with Crippen LogP contribution in [0, 0.1) is 11.3 Å². The molecule has 3 aliphatic rings. The van der Waals surface area contributed by atoms with Crippen LogP contribution in [-0.4, -0.2) is 70.6 Å². The number of nitrogens with one attached hydrogen (secondary N) is 3. The number of rotatable bonds is 1. The van der Waals surface area contributed by atoms with Gasteiger partial charge in [0.1, 0.15) is 12.1 Å². The molecule has 2 fully saturated rings. The number of esters is 1. The van der Waals surface area contributed by atoms with Crippen molar-refractivity contribution < 1.29 is 28.7 Å². The number of nitrogens with zero attached hydrogens (tertiary/aromatic N) is 2. The highest BCUT2D eigenvalue weighted by Crippen LogP contribution is 2.42. The van der Waals surface area contributed by atoms with E-state index in [0.717, 1.165) is 16.5 Å².